The molecule has 0 bridgehead atoms. The van der Waals surface area contributed by atoms with E-state index < -0.39 is 5.91 Å². The number of nitrogens with zero attached hydrogens (tertiary/aromatic N) is 5. The van der Waals surface area contributed by atoms with Crippen molar-refractivity contribution >= 4 is 11.7 Å². The maximum atomic E-state index is 11.6. The molecule has 11 heteroatoms. The second kappa shape index (κ2) is 4.99. The van der Waals surface area contributed by atoms with Gasteiger partial charge in [-0.3, -0.25) is 10.2 Å². The zero-order valence-corrected chi connectivity index (χ0v) is 10.4. The monoisotopic (exact) mass is 268 g/mol. The van der Waals surface area contributed by atoms with E-state index in [1.807, 2.05) is 19.5 Å². The Morgan fingerprint density at radius 2 is 2.21 bits per heavy atom. The third kappa shape index (κ3) is 2.36. The van der Waals surface area contributed by atoms with E-state index in [2.05, 4.69) is 25.3 Å². The molecular weight excluding hydrogens is 254 g/mol. The van der Waals surface area contributed by atoms with E-state index in [1.165, 1.54) is 4.68 Å². The van der Waals surface area contributed by atoms with E-state index in [0.717, 1.165) is 4.90 Å². The molecule has 0 saturated carbocycles. The summed E-state index contributed by atoms with van der Waals surface area (Å²) in [7, 11) is 3.82. The third-order valence-electron chi connectivity index (χ3n) is 2.33. The predicted octanol–water partition coefficient (Wildman–Crippen LogP) is -3.52. The van der Waals surface area contributed by atoms with Crippen LogP contribution in [0.25, 0.3) is 5.82 Å². The van der Waals surface area contributed by atoms with Crippen molar-refractivity contribution in [1.82, 2.24) is 30.7 Å². The molecule has 0 radical (unpaired) electrons. The highest BCUT2D eigenvalue weighted by Crippen LogP contribution is 2.14. The molecule has 0 saturated heterocycles. The van der Waals surface area contributed by atoms with Crippen molar-refractivity contribution in [2.75, 3.05) is 19.8 Å². The Morgan fingerprint density at radius 1 is 1.47 bits per heavy atom. The number of rotatable bonds is 4. The van der Waals surface area contributed by atoms with Gasteiger partial charge in [-0.15, -0.1) is 5.10 Å². The van der Waals surface area contributed by atoms with Crippen molar-refractivity contribution in [3.63, 3.8) is 0 Å². The summed E-state index contributed by atoms with van der Waals surface area (Å²) in [6.45, 7) is 0.460. The van der Waals surface area contributed by atoms with E-state index in [1.54, 1.807) is 0 Å². The van der Waals surface area contributed by atoms with Crippen molar-refractivity contribution in [3.05, 3.63) is 11.4 Å². The summed E-state index contributed by atoms with van der Waals surface area (Å²) in [5.74, 6) is 4.80. The third-order valence-corrected chi connectivity index (χ3v) is 2.33. The number of hydrogen-bond donors (Lipinski definition) is 4. The molecule has 11 nitrogen and oxygen atoms in total. The SMILES string of the molecule is C[NH+](C)Cc1c(C(=O)NN)nnn1-c1nonc1N. The first kappa shape index (κ1) is 12.9. The molecule has 0 aliphatic heterocycles. The number of amides is 1. The minimum Gasteiger partial charge on any atom is -0.378 e. The van der Waals surface area contributed by atoms with Crippen molar-refractivity contribution < 1.29 is 14.3 Å². The van der Waals surface area contributed by atoms with Crippen molar-refractivity contribution in [3.8, 4) is 5.82 Å². The maximum Gasteiger partial charge on any atom is 0.287 e. The predicted molar refractivity (Wildman–Crippen MR) is 61.8 cm³/mol. The lowest BCUT2D eigenvalue weighted by Crippen LogP contribution is -3.04. The van der Waals surface area contributed by atoms with E-state index in [4.69, 9.17) is 11.6 Å². The van der Waals surface area contributed by atoms with Gasteiger partial charge in [-0.25, -0.2) is 10.5 Å². The Balaban J connectivity index is 2.53. The molecule has 0 aromatic carbocycles. The molecule has 0 unspecified atom stereocenters. The number of carbonyl (C=O) groups is 1. The molecule has 19 heavy (non-hydrogen) atoms. The molecule has 2 aromatic heterocycles. The lowest BCUT2D eigenvalue weighted by Gasteiger charge is -2.08. The fourth-order valence-electron chi connectivity index (χ4n) is 1.55. The van der Waals surface area contributed by atoms with Crippen LogP contribution >= 0.6 is 0 Å². The van der Waals surface area contributed by atoms with Gasteiger partial charge in [-0.05, 0) is 10.3 Å². The van der Waals surface area contributed by atoms with E-state index >= 15 is 0 Å². The fraction of sp³-hybridized carbons (Fsp3) is 0.375. The van der Waals surface area contributed by atoms with Gasteiger partial charge >= 0.3 is 0 Å². The number of hydrazine groups is 1. The topological polar surface area (TPSA) is 155 Å². The average molecular weight is 268 g/mol. The summed E-state index contributed by atoms with van der Waals surface area (Å²) >= 11 is 0. The quantitative estimate of drug-likeness (QED) is 0.252. The van der Waals surface area contributed by atoms with E-state index in [0.29, 0.717) is 12.2 Å². The highest BCUT2D eigenvalue weighted by Gasteiger charge is 2.25. The van der Waals surface area contributed by atoms with Gasteiger partial charge in [0.2, 0.25) is 11.6 Å². The number of nitrogens with one attached hydrogen (secondary N) is 2. The number of nitrogens with two attached hydrogens (primary N) is 2. The largest absolute Gasteiger partial charge is 0.378 e. The molecule has 2 rings (SSSR count). The van der Waals surface area contributed by atoms with Crippen molar-refractivity contribution in [2.45, 2.75) is 6.54 Å². The smallest absolute Gasteiger partial charge is 0.287 e. The Hall–Kier alpha value is -2.53. The molecule has 2 aromatic rings. The van der Waals surface area contributed by atoms with Crippen LogP contribution in [0.15, 0.2) is 4.63 Å². The first-order chi connectivity index (χ1) is 9.04. The van der Waals surface area contributed by atoms with Gasteiger partial charge in [0.1, 0.15) is 12.2 Å². The van der Waals surface area contributed by atoms with Crippen LogP contribution < -0.4 is 21.9 Å². The molecule has 0 aliphatic rings. The summed E-state index contributed by atoms with van der Waals surface area (Å²) in [4.78, 5) is 12.7. The van der Waals surface area contributed by atoms with Gasteiger partial charge in [-0.1, -0.05) is 5.21 Å². The molecule has 0 aliphatic carbocycles. The molecule has 6 N–H and O–H groups in total. The van der Waals surface area contributed by atoms with Gasteiger partial charge in [0.25, 0.3) is 5.91 Å². The van der Waals surface area contributed by atoms with Gasteiger partial charge in [-0.2, -0.15) is 4.68 Å². The van der Waals surface area contributed by atoms with Crippen LogP contribution in [0.4, 0.5) is 5.82 Å². The summed E-state index contributed by atoms with van der Waals surface area (Å²) < 4.78 is 5.82. The standard InChI is InChI=1S/C8H13N9O2/c1-16(2)3-4-5(8(18)11-10)12-15-17(4)7-6(9)13-19-14-7/h3,10H2,1-2H3,(H2,9,13)(H,11,18)/p+1. The zero-order valence-electron chi connectivity index (χ0n) is 10.4. The fourth-order valence-corrected chi connectivity index (χ4v) is 1.55. The van der Waals surface area contributed by atoms with Gasteiger partial charge < -0.3 is 10.6 Å². The summed E-state index contributed by atoms with van der Waals surface area (Å²) in [6, 6.07) is 0. The van der Waals surface area contributed by atoms with Crippen LogP contribution in [-0.2, 0) is 6.54 Å². The van der Waals surface area contributed by atoms with Crippen LogP contribution in [0, 0.1) is 0 Å². The van der Waals surface area contributed by atoms with Gasteiger partial charge in [0.15, 0.2) is 5.69 Å². The first-order valence-corrected chi connectivity index (χ1v) is 5.37. The van der Waals surface area contributed by atoms with Crippen molar-refractivity contribution in [2.24, 2.45) is 5.84 Å². The minimum atomic E-state index is -0.544. The second-order valence-electron chi connectivity index (χ2n) is 4.13. The second-order valence-corrected chi connectivity index (χ2v) is 4.13. The number of nitrogen functional groups attached to an aromatic ring is 2. The minimum absolute atomic E-state index is 0.0552. The Morgan fingerprint density at radius 3 is 2.74 bits per heavy atom. The lowest BCUT2D eigenvalue weighted by atomic mass is 10.3. The van der Waals surface area contributed by atoms with Crippen LogP contribution in [0.1, 0.15) is 16.2 Å². The molecular formula is C8H14N9O2+. The maximum absolute atomic E-state index is 11.6. The molecule has 0 spiro atoms. The number of aromatic nitrogens is 5. The van der Waals surface area contributed by atoms with Crippen LogP contribution in [0.5, 0.6) is 0 Å². The molecule has 0 fully saturated rings. The number of anilines is 1. The normalized spacial score (nSPS) is 10.9. The lowest BCUT2D eigenvalue weighted by molar-refractivity contribution is -0.873. The zero-order chi connectivity index (χ0) is 14.0. The van der Waals surface area contributed by atoms with Crippen LogP contribution in [0.2, 0.25) is 0 Å². The summed E-state index contributed by atoms with van der Waals surface area (Å²) in [5.41, 5.74) is 8.22. The number of quaternary nitrogens is 1. The molecule has 0 atom stereocenters. The van der Waals surface area contributed by atoms with Crippen LogP contribution in [-0.4, -0.2) is 45.3 Å². The summed E-state index contributed by atoms with van der Waals surface area (Å²) in [5, 5.41) is 14.7. The number of carbonyl (C=O) groups excluding carboxylic acids is 1. The van der Waals surface area contributed by atoms with E-state index in [9.17, 15) is 4.79 Å². The Labute approximate surface area is 107 Å². The van der Waals surface area contributed by atoms with Gasteiger partial charge in [0.05, 0.1) is 14.1 Å². The summed E-state index contributed by atoms with van der Waals surface area (Å²) in [6.07, 6.45) is 0. The average Bonchev–Trinajstić information content (AvgIpc) is 2.94. The van der Waals surface area contributed by atoms with Gasteiger partial charge in [0, 0.05) is 0 Å². The number of hydrogen-bond acceptors (Lipinski definition) is 8. The Bertz CT molecular complexity index is 587. The molecule has 102 valence electrons. The highest BCUT2D eigenvalue weighted by molar-refractivity contribution is 5.92. The highest BCUT2D eigenvalue weighted by atomic mass is 16.6. The van der Waals surface area contributed by atoms with Crippen molar-refractivity contribution in [1.29, 1.82) is 0 Å². The first-order valence-electron chi connectivity index (χ1n) is 5.37. The molecule has 1 amide bonds. The Kier molecular flexibility index (Phi) is 3.39. The van der Waals surface area contributed by atoms with E-state index in [-0.39, 0.29) is 17.3 Å². The molecule has 2 heterocycles. The van der Waals surface area contributed by atoms with Crippen LogP contribution in [0.3, 0.4) is 0 Å².